The fraction of sp³-hybridized carbons (Fsp3) is 0.667. The van der Waals surface area contributed by atoms with Gasteiger partial charge in [-0.2, -0.15) is 0 Å². The number of nitro groups is 1. The predicted molar refractivity (Wildman–Crippen MR) is 88.2 cm³/mol. The van der Waals surface area contributed by atoms with Crippen molar-refractivity contribution in [3.8, 4) is 0 Å². The lowest BCUT2D eigenvalue weighted by Crippen LogP contribution is -2.19. The Morgan fingerprint density at radius 2 is 1.57 bits per heavy atom. The third kappa shape index (κ3) is 8.49. The average Bonchev–Trinajstić information content (AvgIpc) is 2.49. The van der Waals surface area contributed by atoms with E-state index in [4.69, 9.17) is 0 Å². The molecule has 0 aliphatic heterocycles. The van der Waals surface area contributed by atoms with Crippen molar-refractivity contribution in [3.05, 3.63) is 46.0 Å². The standard InChI is InChI=1S/C18H29NO2/c1-2-3-4-5-6-10-15-18(19(20)21)16-11-14-17-12-8-7-9-13-17/h7-9,12-13,18H,2-6,10-11,14-16H2,1H3. The molecule has 1 unspecified atom stereocenters. The van der Waals surface area contributed by atoms with Crippen LogP contribution in [0.2, 0.25) is 0 Å². The van der Waals surface area contributed by atoms with E-state index in [0.717, 1.165) is 32.1 Å². The first-order chi connectivity index (χ1) is 10.2. The van der Waals surface area contributed by atoms with Crippen LogP contribution in [0.5, 0.6) is 0 Å². The van der Waals surface area contributed by atoms with Crippen LogP contribution in [0.3, 0.4) is 0 Å². The van der Waals surface area contributed by atoms with Crippen LogP contribution < -0.4 is 0 Å². The molecule has 0 N–H and O–H groups in total. The van der Waals surface area contributed by atoms with Gasteiger partial charge in [0, 0.05) is 17.8 Å². The van der Waals surface area contributed by atoms with E-state index >= 15 is 0 Å². The van der Waals surface area contributed by atoms with Crippen LogP contribution in [0.15, 0.2) is 30.3 Å². The van der Waals surface area contributed by atoms with E-state index in [1.165, 1.54) is 31.2 Å². The number of benzene rings is 1. The largest absolute Gasteiger partial charge is 0.264 e. The normalized spacial score (nSPS) is 12.2. The highest BCUT2D eigenvalue weighted by Crippen LogP contribution is 2.15. The maximum Gasteiger partial charge on any atom is 0.213 e. The highest BCUT2D eigenvalue weighted by molar-refractivity contribution is 5.14. The summed E-state index contributed by atoms with van der Waals surface area (Å²) in [4.78, 5) is 11.0. The molecule has 0 bridgehead atoms. The Hall–Kier alpha value is -1.38. The van der Waals surface area contributed by atoms with Gasteiger partial charge in [-0.15, -0.1) is 0 Å². The molecule has 0 radical (unpaired) electrons. The van der Waals surface area contributed by atoms with Gasteiger partial charge in [0.25, 0.3) is 0 Å². The zero-order chi connectivity index (χ0) is 15.3. The van der Waals surface area contributed by atoms with Gasteiger partial charge in [-0.05, 0) is 24.8 Å². The molecule has 1 atom stereocenters. The summed E-state index contributed by atoms with van der Waals surface area (Å²) in [5.41, 5.74) is 1.28. The van der Waals surface area contributed by atoms with Gasteiger partial charge >= 0.3 is 0 Å². The fourth-order valence-electron chi connectivity index (χ4n) is 2.70. The molecule has 0 saturated carbocycles. The molecule has 0 spiro atoms. The molecule has 21 heavy (non-hydrogen) atoms. The molecular formula is C18H29NO2. The Bertz CT molecular complexity index is 378. The van der Waals surface area contributed by atoms with Gasteiger partial charge in [0.05, 0.1) is 0 Å². The van der Waals surface area contributed by atoms with Crippen LogP contribution in [-0.4, -0.2) is 11.0 Å². The summed E-state index contributed by atoms with van der Waals surface area (Å²) in [7, 11) is 0. The number of hydrogen-bond donors (Lipinski definition) is 0. The lowest BCUT2D eigenvalue weighted by Gasteiger charge is -2.09. The quantitative estimate of drug-likeness (QED) is 0.294. The van der Waals surface area contributed by atoms with E-state index in [-0.39, 0.29) is 11.0 Å². The first-order valence-corrected chi connectivity index (χ1v) is 8.41. The van der Waals surface area contributed by atoms with Crippen molar-refractivity contribution in [1.82, 2.24) is 0 Å². The molecular weight excluding hydrogens is 262 g/mol. The predicted octanol–water partition coefficient (Wildman–Crippen LogP) is 5.41. The third-order valence-electron chi connectivity index (χ3n) is 4.03. The van der Waals surface area contributed by atoms with Gasteiger partial charge in [0.15, 0.2) is 0 Å². The van der Waals surface area contributed by atoms with Crippen LogP contribution in [-0.2, 0) is 6.42 Å². The third-order valence-corrected chi connectivity index (χ3v) is 4.03. The van der Waals surface area contributed by atoms with E-state index in [1.54, 1.807) is 0 Å². The number of aryl methyl sites for hydroxylation is 1. The molecule has 3 nitrogen and oxygen atoms in total. The monoisotopic (exact) mass is 291 g/mol. The van der Waals surface area contributed by atoms with Crippen molar-refractivity contribution >= 4 is 0 Å². The summed E-state index contributed by atoms with van der Waals surface area (Å²) in [5.74, 6) is 0. The molecule has 0 aliphatic carbocycles. The summed E-state index contributed by atoms with van der Waals surface area (Å²) in [6, 6.07) is 9.89. The average molecular weight is 291 g/mol. The molecule has 1 aromatic carbocycles. The second-order valence-corrected chi connectivity index (χ2v) is 5.87. The van der Waals surface area contributed by atoms with E-state index in [2.05, 4.69) is 19.1 Å². The van der Waals surface area contributed by atoms with Crippen molar-refractivity contribution in [2.24, 2.45) is 0 Å². The minimum absolute atomic E-state index is 0.0724. The number of hydrogen-bond acceptors (Lipinski definition) is 2. The Balaban J connectivity index is 2.16. The molecule has 3 heteroatoms. The van der Waals surface area contributed by atoms with Gasteiger partial charge in [-0.3, -0.25) is 10.1 Å². The maximum absolute atomic E-state index is 11.1. The smallest absolute Gasteiger partial charge is 0.213 e. The molecule has 0 heterocycles. The highest BCUT2D eigenvalue weighted by atomic mass is 16.6. The Morgan fingerprint density at radius 3 is 2.24 bits per heavy atom. The SMILES string of the molecule is CCCCCCCCC(CCCc1ccccc1)[N+](=O)[O-]. The van der Waals surface area contributed by atoms with E-state index in [1.807, 2.05) is 18.2 Å². The molecule has 0 aromatic heterocycles. The molecule has 1 rings (SSSR count). The van der Waals surface area contributed by atoms with Gasteiger partial charge in [-0.25, -0.2) is 0 Å². The summed E-state index contributed by atoms with van der Waals surface area (Å²) in [6.07, 6.45) is 10.5. The molecule has 118 valence electrons. The minimum Gasteiger partial charge on any atom is -0.264 e. The first kappa shape index (κ1) is 17.7. The first-order valence-electron chi connectivity index (χ1n) is 8.41. The zero-order valence-corrected chi connectivity index (χ0v) is 13.3. The Morgan fingerprint density at radius 1 is 0.952 bits per heavy atom. The van der Waals surface area contributed by atoms with Crippen LogP contribution >= 0.6 is 0 Å². The van der Waals surface area contributed by atoms with E-state index in [0.29, 0.717) is 6.42 Å². The minimum atomic E-state index is -0.347. The van der Waals surface area contributed by atoms with Crippen LogP contribution in [0.1, 0.15) is 70.3 Å². The lowest BCUT2D eigenvalue weighted by molar-refractivity contribution is -0.524. The highest BCUT2D eigenvalue weighted by Gasteiger charge is 2.18. The number of unbranched alkanes of at least 4 members (excludes halogenated alkanes) is 5. The zero-order valence-electron chi connectivity index (χ0n) is 13.3. The van der Waals surface area contributed by atoms with Gasteiger partial charge in [0.2, 0.25) is 6.04 Å². The second-order valence-electron chi connectivity index (χ2n) is 5.87. The van der Waals surface area contributed by atoms with Crippen molar-refractivity contribution in [3.63, 3.8) is 0 Å². The molecule has 0 saturated heterocycles. The summed E-state index contributed by atoms with van der Waals surface area (Å²) < 4.78 is 0. The van der Waals surface area contributed by atoms with Gasteiger partial charge in [-0.1, -0.05) is 69.4 Å². The lowest BCUT2D eigenvalue weighted by atomic mass is 10.00. The van der Waals surface area contributed by atoms with Crippen LogP contribution in [0, 0.1) is 10.1 Å². The summed E-state index contributed by atoms with van der Waals surface area (Å²) >= 11 is 0. The van der Waals surface area contributed by atoms with Gasteiger partial charge in [0.1, 0.15) is 0 Å². The van der Waals surface area contributed by atoms with Crippen LogP contribution in [0.25, 0.3) is 0 Å². The molecule has 0 fully saturated rings. The molecule has 0 amide bonds. The summed E-state index contributed by atoms with van der Waals surface area (Å²) in [6.45, 7) is 2.20. The van der Waals surface area contributed by atoms with E-state index in [9.17, 15) is 10.1 Å². The Kier molecular flexibility index (Phi) is 9.51. The Labute approximate surface area is 128 Å². The molecule has 1 aromatic rings. The second kappa shape index (κ2) is 11.3. The van der Waals surface area contributed by atoms with E-state index < -0.39 is 0 Å². The van der Waals surface area contributed by atoms with Crippen LogP contribution in [0.4, 0.5) is 0 Å². The number of nitrogens with zero attached hydrogens (tertiary/aromatic N) is 1. The van der Waals surface area contributed by atoms with Gasteiger partial charge < -0.3 is 0 Å². The fourth-order valence-corrected chi connectivity index (χ4v) is 2.70. The van der Waals surface area contributed by atoms with Crippen molar-refractivity contribution in [2.75, 3.05) is 0 Å². The molecule has 0 aliphatic rings. The maximum atomic E-state index is 11.1. The van der Waals surface area contributed by atoms with Crippen molar-refractivity contribution in [2.45, 2.75) is 77.2 Å². The number of rotatable bonds is 12. The summed E-state index contributed by atoms with van der Waals surface area (Å²) in [5, 5.41) is 11.1. The van der Waals surface area contributed by atoms with Crippen molar-refractivity contribution in [1.29, 1.82) is 0 Å². The topological polar surface area (TPSA) is 43.1 Å². The van der Waals surface area contributed by atoms with Crippen molar-refractivity contribution < 1.29 is 4.92 Å².